The van der Waals surface area contributed by atoms with Gasteiger partial charge in [0, 0.05) is 19.4 Å². The van der Waals surface area contributed by atoms with Gasteiger partial charge in [-0.1, -0.05) is 85.8 Å². The first-order valence-corrected chi connectivity index (χ1v) is 13.8. The van der Waals surface area contributed by atoms with E-state index in [1.165, 1.54) is 4.90 Å². The number of carbonyl (C=O) groups excluding carboxylic acids is 3. The Morgan fingerprint density at radius 2 is 1.63 bits per heavy atom. The predicted octanol–water partition coefficient (Wildman–Crippen LogP) is 2.47. The van der Waals surface area contributed by atoms with Crippen molar-refractivity contribution < 1.29 is 19.5 Å². The van der Waals surface area contributed by atoms with Crippen LogP contribution in [-0.4, -0.2) is 67.5 Å². The number of aliphatic hydroxyl groups is 1. The zero-order valence-corrected chi connectivity index (χ0v) is 23.1. The molecule has 0 bridgehead atoms. The number of nitrogens with zero attached hydrogens (tertiary/aromatic N) is 4. The summed E-state index contributed by atoms with van der Waals surface area (Å²) in [6, 6.07) is 22.3. The van der Waals surface area contributed by atoms with Gasteiger partial charge in [0.05, 0.1) is 11.6 Å². The first kappa shape index (κ1) is 28.0. The van der Waals surface area contributed by atoms with Crippen molar-refractivity contribution in [1.82, 2.24) is 25.2 Å². The number of hydrogen-bond acceptors (Lipinski definition) is 6. The lowest BCUT2D eigenvalue weighted by Crippen LogP contribution is -2.54. The molecule has 1 fully saturated rings. The van der Waals surface area contributed by atoms with Crippen LogP contribution in [0, 0.1) is 5.92 Å². The Balaban J connectivity index is 1.32. The second-order valence-corrected chi connectivity index (χ2v) is 10.8. The molecule has 1 aliphatic rings. The molecule has 2 heterocycles. The van der Waals surface area contributed by atoms with Gasteiger partial charge in [-0.2, -0.15) is 0 Å². The van der Waals surface area contributed by atoms with Crippen molar-refractivity contribution in [3.8, 4) is 11.1 Å². The molecule has 41 heavy (non-hydrogen) atoms. The van der Waals surface area contributed by atoms with Gasteiger partial charge in [0.25, 0.3) is 0 Å². The molecular formula is C31H34N6O4. The highest BCUT2D eigenvalue weighted by Crippen LogP contribution is 2.29. The van der Waals surface area contributed by atoms with Crippen LogP contribution in [0.5, 0.6) is 0 Å². The number of β-amino-alcohol motifs (C(OH)–C–C–N with tert-alkyl or cyclic N) is 1. The van der Waals surface area contributed by atoms with Gasteiger partial charge in [0.2, 0.25) is 17.7 Å². The third kappa shape index (κ3) is 5.97. The summed E-state index contributed by atoms with van der Waals surface area (Å²) < 4.78 is 1.58. The molecular weight excluding hydrogens is 520 g/mol. The zero-order chi connectivity index (χ0) is 29.1. The fourth-order valence-corrected chi connectivity index (χ4v) is 5.43. The topological polar surface area (TPSA) is 143 Å². The maximum absolute atomic E-state index is 13.9. The summed E-state index contributed by atoms with van der Waals surface area (Å²) in [6.45, 7) is 3.79. The maximum atomic E-state index is 13.9. The molecule has 0 aliphatic carbocycles. The van der Waals surface area contributed by atoms with Crippen molar-refractivity contribution in [2.45, 2.75) is 50.9 Å². The standard InChI is InChI=1S/C31H34N6O4/c1-19(2)28(37-26-11-7-6-10-24(26)34-35-37)31(41)36-18-23(38)17-27(36)30(40)33-25(29(32)39)16-20-12-14-22(15-13-20)21-8-4-3-5-9-21/h3-15,19,23,25,27-28,38H,16-18H2,1-2H3,(H2,32,39)(H,33,40)/t23-,25-,27+,28?/m1/s1. The molecule has 4 N–H and O–H groups in total. The maximum Gasteiger partial charge on any atom is 0.248 e. The van der Waals surface area contributed by atoms with Crippen molar-refractivity contribution in [1.29, 1.82) is 0 Å². The van der Waals surface area contributed by atoms with Crippen LogP contribution in [0.3, 0.4) is 0 Å². The molecule has 1 saturated heterocycles. The minimum atomic E-state index is -0.986. The van der Waals surface area contributed by atoms with Gasteiger partial charge in [-0.05, 0) is 34.7 Å². The molecule has 10 heteroatoms. The van der Waals surface area contributed by atoms with Crippen LogP contribution in [0.4, 0.5) is 0 Å². The second-order valence-electron chi connectivity index (χ2n) is 10.8. The monoisotopic (exact) mass is 554 g/mol. The summed E-state index contributed by atoms with van der Waals surface area (Å²) in [5, 5.41) is 21.6. The molecule has 5 rings (SSSR count). The Morgan fingerprint density at radius 3 is 2.32 bits per heavy atom. The fourth-order valence-electron chi connectivity index (χ4n) is 5.43. The molecule has 1 unspecified atom stereocenters. The third-order valence-corrected chi connectivity index (χ3v) is 7.55. The number of benzene rings is 3. The average Bonchev–Trinajstić information content (AvgIpc) is 3.57. The number of aliphatic hydroxyl groups excluding tert-OH is 1. The molecule has 4 aromatic rings. The molecule has 1 aliphatic heterocycles. The lowest BCUT2D eigenvalue weighted by molar-refractivity contribution is -0.143. The van der Waals surface area contributed by atoms with Gasteiger partial charge in [-0.25, -0.2) is 4.68 Å². The Labute approximate surface area is 238 Å². The molecule has 10 nitrogen and oxygen atoms in total. The van der Waals surface area contributed by atoms with Crippen LogP contribution < -0.4 is 11.1 Å². The number of nitrogens with two attached hydrogens (primary N) is 1. The Kier molecular flexibility index (Phi) is 8.11. The van der Waals surface area contributed by atoms with E-state index in [0.717, 1.165) is 16.7 Å². The van der Waals surface area contributed by atoms with Gasteiger partial charge in [0.1, 0.15) is 23.6 Å². The number of primary amides is 1. The number of amides is 3. The summed E-state index contributed by atoms with van der Waals surface area (Å²) in [7, 11) is 0. The third-order valence-electron chi connectivity index (χ3n) is 7.55. The van der Waals surface area contributed by atoms with Crippen molar-refractivity contribution in [2.75, 3.05) is 6.54 Å². The minimum absolute atomic E-state index is 0.00500. The smallest absolute Gasteiger partial charge is 0.248 e. The number of carbonyl (C=O) groups is 3. The number of rotatable bonds is 9. The minimum Gasteiger partial charge on any atom is -0.391 e. The van der Waals surface area contributed by atoms with E-state index in [0.29, 0.717) is 11.0 Å². The molecule has 212 valence electrons. The lowest BCUT2D eigenvalue weighted by atomic mass is 10.00. The predicted molar refractivity (Wildman–Crippen MR) is 154 cm³/mol. The summed E-state index contributed by atoms with van der Waals surface area (Å²) in [5.74, 6) is -1.74. The second kappa shape index (κ2) is 11.9. The van der Waals surface area contributed by atoms with Gasteiger partial charge < -0.3 is 21.1 Å². The molecule has 0 radical (unpaired) electrons. The van der Waals surface area contributed by atoms with Crippen LogP contribution >= 0.6 is 0 Å². The van der Waals surface area contributed by atoms with Gasteiger partial charge in [0.15, 0.2) is 0 Å². The zero-order valence-electron chi connectivity index (χ0n) is 23.1. The van der Waals surface area contributed by atoms with Crippen molar-refractivity contribution in [2.24, 2.45) is 11.7 Å². The van der Waals surface area contributed by atoms with Gasteiger partial charge in [-0.15, -0.1) is 5.10 Å². The lowest BCUT2D eigenvalue weighted by Gasteiger charge is -2.30. The summed E-state index contributed by atoms with van der Waals surface area (Å²) in [6.07, 6.45) is -0.635. The normalized spacial score (nSPS) is 18.4. The molecule has 4 atom stereocenters. The van der Waals surface area contributed by atoms with Crippen LogP contribution in [-0.2, 0) is 20.8 Å². The number of likely N-dealkylation sites (tertiary alicyclic amines) is 1. The van der Waals surface area contributed by atoms with Crippen LogP contribution in [0.25, 0.3) is 22.2 Å². The summed E-state index contributed by atoms with van der Waals surface area (Å²) >= 11 is 0. The SMILES string of the molecule is CC(C)C(C(=O)N1C[C@H](O)C[C@H]1C(=O)N[C@H](Cc1ccc(-c2ccccc2)cc1)C(N)=O)n1nnc2ccccc21. The van der Waals surface area contributed by atoms with E-state index in [1.54, 1.807) is 4.68 Å². The van der Waals surface area contributed by atoms with Crippen LogP contribution in [0.1, 0.15) is 31.9 Å². The Bertz CT molecular complexity index is 1540. The summed E-state index contributed by atoms with van der Waals surface area (Å²) in [4.78, 5) is 41.1. The first-order chi connectivity index (χ1) is 19.7. The Morgan fingerprint density at radius 1 is 0.976 bits per heavy atom. The van der Waals surface area contributed by atoms with Crippen LogP contribution in [0.2, 0.25) is 0 Å². The highest BCUT2D eigenvalue weighted by molar-refractivity contribution is 5.93. The van der Waals surface area contributed by atoms with E-state index >= 15 is 0 Å². The molecule has 3 amide bonds. The highest BCUT2D eigenvalue weighted by Gasteiger charge is 2.43. The molecule has 1 aromatic heterocycles. The fraction of sp³-hybridized carbons (Fsp3) is 0.323. The molecule has 0 saturated carbocycles. The number of fused-ring (bicyclic) bond motifs is 1. The quantitative estimate of drug-likeness (QED) is 0.290. The average molecular weight is 555 g/mol. The highest BCUT2D eigenvalue weighted by atomic mass is 16.3. The molecule has 0 spiro atoms. The van der Waals surface area contributed by atoms with Crippen molar-refractivity contribution >= 4 is 28.8 Å². The van der Waals surface area contributed by atoms with Crippen LogP contribution in [0.15, 0.2) is 78.9 Å². The van der Waals surface area contributed by atoms with E-state index < -0.39 is 36.0 Å². The van der Waals surface area contributed by atoms with Crippen molar-refractivity contribution in [3.63, 3.8) is 0 Å². The van der Waals surface area contributed by atoms with E-state index in [9.17, 15) is 19.5 Å². The van der Waals surface area contributed by atoms with E-state index in [1.807, 2.05) is 92.7 Å². The Hall–Kier alpha value is -4.57. The number of hydrogen-bond donors (Lipinski definition) is 3. The van der Waals surface area contributed by atoms with Gasteiger partial charge >= 0.3 is 0 Å². The van der Waals surface area contributed by atoms with E-state index in [4.69, 9.17) is 5.73 Å². The number of para-hydroxylation sites is 1. The summed E-state index contributed by atoms with van der Waals surface area (Å²) in [5.41, 5.74) is 9.96. The van der Waals surface area contributed by atoms with Gasteiger partial charge in [-0.3, -0.25) is 14.4 Å². The van der Waals surface area contributed by atoms with Crippen molar-refractivity contribution in [3.05, 3.63) is 84.4 Å². The van der Waals surface area contributed by atoms with E-state index in [-0.39, 0.29) is 31.2 Å². The molecule has 3 aromatic carbocycles. The first-order valence-electron chi connectivity index (χ1n) is 13.8. The number of aromatic nitrogens is 3. The number of nitrogens with one attached hydrogen (secondary N) is 1. The van der Waals surface area contributed by atoms with E-state index in [2.05, 4.69) is 15.6 Å². The largest absolute Gasteiger partial charge is 0.391 e.